The van der Waals surface area contributed by atoms with Crippen molar-refractivity contribution in [1.82, 2.24) is 29.6 Å². The summed E-state index contributed by atoms with van der Waals surface area (Å²) in [5, 5.41) is 10.5. The van der Waals surface area contributed by atoms with Crippen molar-refractivity contribution in [2.45, 2.75) is 32.9 Å². The highest BCUT2D eigenvalue weighted by molar-refractivity contribution is 5.93. The number of hydrogen-bond donors (Lipinski definition) is 2. The second kappa shape index (κ2) is 5.96. The van der Waals surface area contributed by atoms with Gasteiger partial charge in [-0.05, 0) is 20.8 Å². The molecule has 0 spiro atoms. The van der Waals surface area contributed by atoms with Gasteiger partial charge < -0.3 is 14.5 Å². The molecule has 2 N–H and O–H groups in total. The predicted molar refractivity (Wildman–Crippen MR) is 78.6 cm³/mol. The maximum atomic E-state index is 12.2. The van der Waals surface area contributed by atoms with Crippen LogP contribution >= 0.6 is 0 Å². The molecule has 0 bridgehead atoms. The van der Waals surface area contributed by atoms with Crippen LogP contribution in [0.2, 0.25) is 0 Å². The first-order valence-corrected chi connectivity index (χ1v) is 6.81. The molecule has 2 aromatic rings. The van der Waals surface area contributed by atoms with Gasteiger partial charge in [0.25, 0.3) is 11.5 Å². The lowest BCUT2D eigenvalue weighted by Gasteiger charge is -2.16. The lowest BCUT2D eigenvalue weighted by atomic mass is 10.2. The SMILES string of the molecule is CC(C)n1cnnc1[C@H](C)NC(=O)c1cn(C)c(=O)[nH]c1=O. The summed E-state index contributed by atoms with van der Waals surface area (Å²) < 4.78 is 2.97. The highest BCUT2D eigenvalue weighted by atomic mass is 16.2. The Bertz CT molecular complexity index is 801. The van der Waals surface area contributed by atoms with Gasteiger partial charge in [-0.25, -0.2) is 4.79 Å². The molecule has 0 saturated carbocycles. The molecule has 2 rings (SSSR count). The van der Waals surface area contributed by atoms with Crippen LogP contribution in [0.3, 0.4) is 0 Å². The smallest absolute Gasteiger partial charge is 0.328 e. The third-order valence-electron chi connectivity index (χ3n) is 3.24. The van der Waals surface area contributed by atoms with Crippen molar-refractivity contribution in [3.05, 3.63) is 44.8 Å². The fourth-order valence-corrected chi connectivity index (χ4v) is 2.02. The first kappa shape index (κ1) is 15.7. The molecule has 0 radical (unpaired) electrons. The zero-order valence-corrected chi connectivity index (χ0v) is 12.8. The number of aromatic nitrogens is 5. The van der Waals surface area contributed by atoms with Crippen molar-refractivity contribution >= 4 is 5.91 Å². The Balaban J connectivity index is 2.25. The molecule has 9 nitrogen and oxygen atoms in total. The van der Waals surface area contributed by atoms with Crippen LogP contribution in [0.25, 0.3) is 0 Å². The minimum Gasteiger partial charge on any atom is -0.342 e. The molecule has 118 valence electrons. The van der Waals surface area contributed by atoms with Crippen molar-refractivity contribution < 1.29 is 4.79 Å². The summed E-state index contributed by atoms with van der Waals surface area (Å²) in [7, 11) is 1.45. The van der Waals surface area contributed by atoms with E-state index in [0.29, 0.717) is 5.82 Å². The minimum atomic E-state index is -0.724. The van der Waals surface area contributed by atoms with E-state index in [0.717, 1.165) is 4.57 Å². The van der Waals surface area contributed by atoms with Crippen molar-refractivity contribution in [2.24, 2.45) is 7.05 Å². The van der Waals surface area contributed by atoms with Crippen LogP contribution in [0.1, 0.15) is 49.0 Å². The summed E-state index contributed by atoms with van der Waals surface area (Å²) >= 11 is 0. The summed E-state index contributed by atoms with van der Waals surface area (Å²) in [5.74, 6) is 0.00672. The van der Waals surface area contributed by atoms with Crippen molar-refractivity contribution in [1.29, 1.82) is 0 Å². The summed E-state index contributed by atoms with van der Waals surface area (Å²) in [6.45, 7) is 5.69. The van der Waals surface area contributed by atoms with Gasteiger partial charge in [-0.3, -0.25) is 14.6 Å². The lowest BCUT2D eigenvalue weighted by molar-refractivity contribution is 0.0934. The van der Waals surface area contributed by atoms with Crippen LogP contribution < -0.4 is 16.6 Å². The molecule has 0 aliphatic rings. The first-order chi connectivity index (χ1) is 10.3. The predicted octanol–water partition coefficient (Wildman–Crippen LogP) is -0.263. The van der Waals surface area contributed by atoms with E-state index in [2.05, 4.69) is 20.5 Å². The molecule has 0 aliphatic carbocycles. The van der Waals surface area contributed by atoms with E-state index in [1.54, 1.807) is 13.3 Å². The average molecular weight is 306 g/mol. The van der Waals surface area contributed by atoms with E-state index >= 15 is 0 Å². The molecule has 1 amide bonds. The first-order valence-electron chi connectivity index (χ1n) is 6.81. The number of nitrogens with one attached hydrogen (secondary N) is 2. The topological polar surface area (TPSA) is 115 Å². The van der Waals surface area contributed by atoms with Gasteiger partial charge in [0.1, 0.15) is 11.9 Å². The van der Waals surface area contributed by atoms with E-state index in [4.69, 9.17) is 0 Å². The fraction of sp³-hybridized carbons (Fsp3) is 0.462. The molecule has 0 fully saturated rings. The van der Waals surface area contributed by atoms with Gasteiger partial charge in [-0.15, -0.1) is 10.2 Å². The van der Waals surface area contributed by atoms with E-state index < -0.39 is 23.2 Å². The van der Waals surface area contributed by atoms with Gasteiger partial charge in [0.05, 0.1) is 6.04 Å². The number of amides is 1. The molecular weight excluding hydrogens is 288 g/mol. The van der Waals surface area contributed by atoms with Crippen molar-refractivity contribution in [2.75, 3.05) is 0 Å². The van der Waals surface area contributed by atoms with Crippen molar-refractivity contribution in [3.8, 4) is 0 Å². The third kappa shape index (κ3) is 2.97. The number of H-pyrrole nitrogens is 1. The van der Waals surface area contributed by atoms with E-state index in [9.17, 15) is 14.4 Å². The number of rotatable bonds is 4. The Kier molecular flexibility index (Phi) is 4.25. The largest absolute Gasteiger partial charge is 0.342 e. The Morgan fingerprint density at radius 1 is 1.32 bits per heavy atom. The molecular formula is C13H18N6O3. The maximum Gasteiger partial charge on any atom is 0.328 e. The fourth-order valence-electron chi connectivity index (χ4n) is 2.02. The number of carbonyl (C=O) groups excluding carboxylic acids is 1. The maximum absolute atomic E-state index is 12.2. The zero-order valence-electron chi connectivity index (χ0n) is 12.8. The molecule has 1 atom stereocenters. The van der Waals surface area contributed by atoms with Gasteiger partial charge in [-0.2, -0.15) is 0 Å². The summed E-state index contributed by atoms with van der Waals surface area (Å²) in [4.78, 5) is 37.3. The molecule has 22 heavy (non-hydrogen) atoms. The Morgan fingerprint density at radius 3 is 2.64 bits per heavy atom. The normalized spacial score (nSPS) is 12.4. The quantitative estimate of drug-likeness (QED) is 0.807. The van der Waals surface area contributed by atoms with Crippen LogP contribution in [-0.2, 0) is 7.05 Å². The standard InChI is InChI=1S/C13H18N6O3/c1-7(2)19-6-14-17-10(19)8(3)15-11(20)9-5-18(4)13(22)16-12(9)21/h5-8H,1-4H3,(H,15,20)(H,16,21,22)/t8-/m0/s1. The lowest BCUT2D eigenvalue weighted by Crippen LogP contribution is -2.37. The highest BCUT2D eigenvalue weighted by Gasteiger charge is 2.20. The van der Waals surface area contributed by atoms with Gasteiger partial charge in [0.2, 0.25) is 0 Å². The molecule has 0 aromatic carbocycles. The minimum absolute atomic E-state index is 0.135. The van der Waals surface area contributed by atoms with Crippen LogP contribution in [-0.4, -0.2) is 30.2 Å². The Hall–Kier alpha value is -2.71. The summed E-state index contributed by atoms with van der Waals surface area (Å²) in [6.07, 6.45) is 2.79. The molecule has 0 saturated heterocycles. The molecule has 2 heterocycles. The highest BCUT2D eigenvalue weighted by Crippen LogP contribution is 2.14. The van der Waals surface area contributed by atoms with Crippen LogP contribution in [0.4, 0.5) is 0 Å². The van der Waals surface area contributed by atoms with Gasteiger partial charge in [-0.1, -0.05) is 0 Å². The number of nitrogens with zero attached hydrogens (tertiary/aromatic N) is 4. The Labute approximate surface area is 126 Å². The molecule has 0 aliphatic heterocycles. The van der Waals surface area contributed by atoms with Gasteiger partial charge in [0, 0.05) is 19.3 Å². The number of hydrogen-bond acceptors (Lipinski definition) is 5. The average Bonchev–Trinajstić information content (AvgIpc) is 2.92. The summed E-state index contributed by atoms with van der Waals surface area (Å²) in [6, 6.07) is -0.292. The van der Waals surface area contributed by atoms with E-state index in [1.165, 1.54) is 13.2 Å². The van der Waals surface area contributed by atoms with Crippen molar-refractivity contribution in [3.63, 3.8) is 0 Å². The number of carbonyl (C=O) groups is 1. The Morgan fingerprint density at radius 2 is 2.00 bits per heavy atom. The molecule has 9 heteroatoms. The van der Waals surface area contributed by atoms with Gasteiger partial charge >= 0.3 is 5.69 Å². The number of aromatic amines is 1. The third-order valence-corrected chi connectivity index (χ3v) is 3.24. The second-order valence-corrected chi connectivity index (χ2v) is 5.30. The van der Waals surface area contributed by atoms with E-state index in [1.807, 2.05) is 18.4 Å². The van der Waals surface area contributed by atoms with E-state index in [-0.39, 0.29) is 11.6 Å². The molecule has 0 unspecified atom stereocenters. The van der Waals surface area contributed by atoms with Crippen LogP contribution in [0.5, 0.6) is 0 Å². The second-order valence-electron chi connectivity index (χ2n) is 5.30. The monoisotopic (exact) mass is 306 g/mol. The summed E-state index contributed by atoms with van der Waals surface area (Å²) in [5.41, 5.74) is -1.43. The van der Waals surface area contributed by atoms with Crippen LogP contribution in [0, 0.1) is 0 Å². The zero-order chi connectivity index (χ0) is 16.4. The number of aryl methyl sites for hydroxylation is 1. The van der Waals surface area contributed by atoms with Crippen LogP contribution in [0.15, 0.2) is 22.1 Å². The molecule has 2 aromatic heterocycles. The van der Waals surface area contributed by atoms with Gasteiger partial charge in [0.15, 0.2) is 5.82 Å².